The Balaban J connectivity index is 2.41. The van der Waals surface area contributed by atoms with Gasteiger partial charge in [0.1, 0.15) is 0 Å². The summed E-state index contributed by atoms with van der Waals surface area (Å²) in [5.41, 5.74) is 2.70. The summed E-state index contributed by atoms with van der Waals surface area (Å²) < 4.78 is 11.0. The van der Waals surface area contributed by atoms with Crippen molar-refractivity contribution in [1.82, 2.24) is 4.57 Å². The Kier molecular flexibility index (Phi) is 3.44. The highest BCUT2D eigenvalue weighted by molar-refractivity contribution is 5.78. The Bertz CT molecular complexity index is 682. The lowest BCUT2D eigenvalue weighted by Gasteiger charge is -2.09. The maximum atomic E-state index is 11.5. The number of nitrogens with zero attached hydrogens (tertiary/aromatic N) is 1. The fourth-order valence-corrected chi connectivity index (χ4v) is 2.14. The average molecular weight is 265 g/mol. The molecule has 0 aliphatic carbocycles. The van der Waals surface area contributed by atoms with Gasteiger partial charge in [0.2, 0.25) is 0 Å². The summed E-state index contributed by atoms with van der Waals surface area (Å²) in [6, 6.07) is 3.46. The normalized spacial score (nSPS) is 12.6. The molecule has 1 atom stereocenters. The first-order valence-electron chi connectivity index (χ1n) is 5.79. The minimum Gasteiger partial charge on any atom is -0.467 e. The number of carbonyl (C=O) groups is 1. The third-order valence-corrected chi connectivity index (χ3v) is 3.03. The van der Waals surface area contributed by atoms with Gasteiger partial charge < -0.3 is 14.3 Å². The van der Waals surface area contributed by atoms with Crippen LogP contribution in [0.3, 0.4) is 0 Å². The average Bonchev–Trinajstić information content (AvgIpc) is 2.64. The molecule has 2 rings (SSSR count). The molecule has 0 saturated heterocycles. The largest absolute Gasteiger partial charge is 0.467 e. The summed E-state index contributed by atoms with van der Waals surface area (Å²) in [5, 5.41) is 9.62. The van der Waals surface area contributed by atoms with E-state index in [1.54, 1.807) is 13.1 Å². The number of oxazole rings is 1. The second-order valence-electron chi connectivity index (χ2n) is 4.43. The van der Waals surface area contributed by atoms with E-state index in [9.17, 15) is 14.7 Å². The number of rotatable bonds is 3. The second kappa shape index (κ2) is 4.89. The first-order valence-corrected chi connectivity index (χ1v) is 5.79. The lowest BCUT2D eigenvalue weighted by atomic mass is 10.0. The molecule has 6 nitrogen and oxygen atoms in total. The van der Waals surface area contributed by atoms with Crippen LogP contribution in [0.25, 0.3) is 11.1 Å². The predicted molar refractivity (Wildman–Crippen MR) is 67.9 cm³/mol. The highest BCUT2D eigenvalue weighted by Crippen LogP contribution is 2.20. The molecule has 19 heavy (non-hydrogen) atoms. The Labute approximate surface area is 109 Å². The van der Waals surface area contributed by atoms with E-state index < -0.39 is 17.8 Å². The maximum absolute atomic E-state index is 11.5. The van der Waals surface area contributed by atoms with E-state index in [2.05, 4.69) is 4.74 Å². The molecule has 0 unspecified atom stereocenters. The molecule has 0 aliphatic heterocycles. The third-order valence-electron chi connectivity index (χ3n) is 3.03. The number of methoxy groups -OCH3 is 1. The maximum Gasteiger partial charge on any atom is 0.419 e. The van der Waals surface area contributed by atoms with Gasteiger partial charge in [-0.05, 0) is 24.1 Å². The van der Waals surface area contributed by atoms with Gasteiger partial charge in [-0.3, -0.25) is 4.57 Å². The molecule has 0 radical (unpaired) electrons. The first-order chi connectivity index (χ1) is 8.93. The molecule has 1 N–H and O–H groups in total. The van der Waals surface area contributed by atoms with Gasteiger partial charge in [-0.1, -0.05) is 6.07 Å². The molecule has 1 heterocycles. The van der Waals surface area contributed by atoms with Gasteiger partial charge in [0, 0.05) is 13.5 Å². The zero-order valence-electron chi connectivity index (χ0n) is 11.0. The number of fused-ring (bicyclic) bond motifs is 1. The van der Waals surface area contributed by atoms with E-state index in [0.717, 1.165) is 5.56 Å². The van der Waals surface area contributed by atoms with Gasteiger partial charge in [-0.15, -0.1) is 0 Å². The lowest BCUT2D eigenvalue weighted by Crippen LogP contribution is -2.24. The van der Waals surface area contributed by atoms with E-state index in [0.29, 0.717) is 16.7 Å². The number of aliphatic hydroxyl groups is 1. The standard InChI is InChI=1S/C13H15NO5/c1-7-4-8(5-9(15)12(16)18-3)6-10-11(7)14(2)13(17)19-10/h4,6,9,15H,5H2,1-3H3/t9-/m1/s1. The molecule has 102 valence electrons. The topological polar surface area (TPSA) is 81.7 Å². The van der Waals surface area contributed by atoms with Crippen molar-refractivity contribution >= 4 is 17.1 Å². The molecule has 1 aromatic heterocycles. The minimum absolute atomic E-state index is 0.113. The molecule has 0 saturated carbocycles. The summed E-state index contributed by atoms with van der Waals surface area (Å²) in [4.78, 5) is 22.6. The quantitative estimate of drug-likeness (QED) is 0.818. The summed E-state index contributed by atoms with van der Waals surface area (Å²) in [6.45, 7) is 1.84. The van der Waals surface area contributed by atoms with Crippen LogP contribution in [-0.2, 0) is 23.0 Å². The van der Waals surface area contributed by atoms with Gasteiger partial charge in [0.25, 0.3) is 0 Å². The van der Waals surface area contributed by atoms with Crippen LogP contribution < -0.4 is 5.76 Å². The highest BCUT2D eigenvalue weighted by Gasteiger charge is 2.18. The van der Waals surface area contributed by atoms with Crippen LogP contribution in [0.4, 0.5) is 0 Å². The second-order valence-corrected chi connectivity index (χ2v) is 4.43. The van der Waals surface area contributed by atoms with E-state index in [-0.39, 0.29) is 6.42 Å². The number of benzene rings is 1. The van der Waals surface area contributed by atoms with E-state index in [1.807, 2.05) is 13.0 Å². The summed E-state index contributed by atoms with van der Waals surface area (Å²) in [5.74, 6) is -1.13. The molecule has 0 spiro atoms. The molecule has 0 aliphatic rings. The molecule has 0 fully saturated rings. The smallest absolute Gasteiger partial charge is 0.419 e. The van der Waals surface area contributed by atoms with E-state index in [4.69, 9.17) is 4.42 Å². The molecular formula is C13H15NO5. The SMILES string of the molecule is COC(=O)[C@H](O)Cc1cc(C)c2c(c1)oc(=O)n2C. The van der Waals surface area contributed by atoms with Crippen molar-refractivity contribution in [3.63, 3.8) is 0 Å². The third kappa shape index (κ3) is 2.39. The van der Waals surface area contributed by atoms with Crippen LogP contribution in [0.15, 0.2) is 21.3 Å². The molecule has 2 aromatic rings. The van der Waals surface area contributed by atoms with Crippen LogP contribution >= 0.6 is 0 Å². The summed E-state index contributed by atoms with van der Waals surface area (Å²) in [7, 11) is 2.85. The number of esters is 1. The number of carbonyl (C=O) groups excluding carboxylic acids is 1. The number of hydrogen-bond donors (Lipinski definition) is 1. The first kappa shape index (κ1) is 13.4. The molecule has 6 heteroatoms. The lowest BCUT2D eigenvalue weighted by molar-refractivity contribution is -0.150. The van der Waals surface area contributed by atoms with Crippen molar-refractivity contribution in [2.24, 2.45) is 7.05 Å². The van der Waals surface area contributed by atoms with Crippen molar-refractivity contribution in [3.05, 3.63) is 33.8 Å². The van der Waals surface area contributed by atoms with Crippen molar-refractivity contribution in [3.8, 4) is 0 Å². The summed E-state index contributed by atoms with van der Waals surface area (Å²) in [6.07, 6.45) is -1.11. The minimum atomic E-state index is -1.22. The molecule has 1 aromatic carbocycles. The number of aryl methyl sites for hydroxylation is 2. The molecule has 0 bridgehead atoms. The van der Waals surface area contributed by atoms with Gasteiger partial charge in [0.05, 0.1) is 12.6 Å². The van der Waals surface area contributed by atoms with Crippen molar-refractivity contribution in [2.75, 3.05) is 7.11 Å². The molecular weight excluding hydrogens is 250 g/mol. The Morgan fingerprint density at radius 1 is 1.53 bits per heavy atom. The Morgan fingerprint density at radius 2 is 2.21 bits per heavy atom. The van der Waals surface area contributed by atoms with Crippen molar-refractivity contribution in [1.29, 1.82) is 0 Å². The molecule has 0 amide bonds. The monoisotopic (exact) mass is 265 g/mol. The van der Waals surface area contributed by atoms with Crippen LogP contribution in [0.5, 0.6) is 0 Å². The Morgan fingerprint density at radius 3 is 2.84 bits per heavy atom. The highest BCUT2D eigenvalue weighted by atomic mass is 16.5. The van der Waals surface area contributed by atoms with Crippen LogP contribution in [0, 0.1) is 6.92 Å². The van der Waals surface area contributed by atoms with Gasteiger partial charge in [-0.25, -0.2) is 9.59 Å². The van der Waals surface area contributed by atoms with E-state index in [1.165, 1.54) is 11.7 Å². The van der Waals surface area contributed by atoms with Crippen LogP contribution in [-0.4, -0.2) is 28.9 Å². The Hall–Kier alpha value is -2.08. The number of aromatic nitrogens is 1. The van der Waals surface area contributed by atoms with Gasteiger partial charge in [-0.2, -0.15) is 0 Å². The van der Waals surface area contributed by atoms with Crippen LogP contribution in [0.1, 0.15) is 11.1 Å². The van der Waals surface area contributed by atoms with Crippen LogP contribution in [0.2, 0.25) is 0 Å². The number of aliphatic hydroxyl groups excluding tert-OH is 1. The van der Waals surface area contributed by atoms with E-state index >= 15 is 0 Å². The number of hydrogen-bond acceptors (Lipinski definition) is 5. The zero-order valence-corrected chi connectivity index (χ0v) is 11.0. The zero-order chi connectivity index (χ0) is 14.2. The van der Waals surface area contributed by atoms with Crippen molar-refractivity contribution in [2.45, 2.75) is 19.4 Å². The fraction of sp³-hybridized carbons (Fsp3) is 0.385. The predicted octanol–water partition coefficient (Wildman–Crippen LogP) is 0.516. The van der Waals surface area contributed by atoms with Gasteiger partial charge in [0.15, 0.2) is 11.7 Å². The van der Waals surface area contributed by atoms with Crippen molar-refractivity contribution < 1.29 is 19.1 Å². The summed E-state index contributed by atoms with van der Waals surface area (Å²) >= 11 is 0. The number of ether oxygens (including phenoxy) is 1. The van der Waals surface area contributed by atoms with Gasteiger partial charge >= 0.3 is 11.7 Å². The fourth-order valence-electron chi connectivity index (χ4n) is 2.14.